The molecule has 1 aliphatic rings. The number of morpholine rings is 1. The first kappa shape index (κ1) is 12.1. The largest absolute Gasteiger partial charge is 0.467 e. The Bertz CT molecular complexity index is 487. The second-order valence-corrected chi connectivity index (χ2v) is 4.58. The summed E-state index contributed by atoms with van der Waals surface area (Å²) in [5.74, 6) is 0.942. The van der Waals surface area contributed by atoms with E-state index in [1.165, 1.54) is 5.69 Å². The van der Waals surface area contributed by atoms with Gasteiger partial charge in [0.25, 0.3) is 0 Å². The summed E-state index contributed by atoms with van der Waals surface area (Å²) in [5.41, 5.74) is 2.36. The topological polar surface area (TPSA) is 37.6 Å². The quantitative estimate of drug-likeness (QED) is 0.915. The van der Waals surface area contributed by atoms with Crippen LogP contribution in [0.4, 0.5) is 11.4 Å². The van der Waals surface area contributed by atoms with Gasteiger partial charge in [0.15, 0.2) is 0 Å². The lowest BCUT2D eigenvalue weighted by Crippen LogP contribution is -2.36. The number of nitrogens with zero attached hydrogens (tertiary/aromatic N) is 1. The van der Waals surface area contributed by atoms with Crippen molar-refractivity contribution < 1.29 is 9.15 Å². The molecule has 0 amide bonds. The van der Waals surface area contributed by atoms with Crippen LogP contribution in [-0.4, -0.2) is 26.3 Å². The van der Waals surface area contributed by atoms with Crippen LogP contribution in [0.25, 0.3) is 0 Å². The van der Waals surface area contributed by atoms with Crippen molar-refractivity contribution in [3.05, 3.63) is 48.4 Å². The Morgan fingerprint density at radius 1 is 1.05 bits per heavy atom. The van der Waals surface area contributed by atoms with Gasteiger partial charge < -0.3 is 19.4 Å². The van der Waals surface area contributed by atoms with Gasteiger partial charge in [0, 0.05) is 24.5 Å². The van der Waals surface area contributed by atoms with E-state index in [4.69, 9.17) is 9.15 Å². The highest BCUT2D eigenvalue weighted by molar-refractivity contribution is 5.55. The highest BCUT2D eigenvalue weighted by atomic mass is 16.5. The van der Waals surface area contributed by atoms with Gasteiger partial charge in [-0.1, -0.05) is 0 Å². The third-order valence-corrected chi connectivity index (χ3v) is 3.29. The van der Waals surface area contributed by atoms with E-state index >= 15 is 0 Å². The Kier molecular flexibility index (Phi) is 3.70. The van der Waals surface area contributed by atoms with Crippen molar-refractivity contribution in [3.63, 3.8) is 0 Å². The normalized spacial score (nSPS) is 15.5. The van der Waals surface area contributed by atoms with Gasteiger partial charge in [0.2, 0.25) is 0 Å². The second kappa shape index (κ2) is 5.80. The zero-order valence-electron chi connectivity index (χ0n) is 10.8. The maximum absolute atomic E-state index is 5.36. The summed E-state index contributed by atoms with van der Waals surface area (Å²) in [5, 5.41) is 3.34. The second-order valence-electron chi connectivity index (χ2n) is 4.58. The molecule has 4 nitrogen and oxygen atoms in total. The van der Waals surface area contributed by atoms with Gasteiger partial charge in [-0.05, 0) is 36.4 Å². The summed E-state index contributed by atoms with van der Waals surface area (Å²) in [6.45, 7) is 4.29. The molecule has 1 N–H and O–H groups in total. The number of rotatable bonds is 4. The van der Waals surface area contributed by atoms with E-state index in [0.717, 1.165) is 37.8 Å². The van der Waals surface area contributed by atoms with E-state index in [0.29, 0.717) is 6.54 Å². The fraction of sp³-hybridized carbons (Fsp3) is 0.333. The van der Waals surface area contributed by atoms with E-state index in [1.807, 2.05) is 12.1 Å². The molecule has 3 rings (SSSR count). The van der Waals surface area contributed by atoms with Crippen LogP contribution in [0.3, 0.4) is 0 Å². The molecule has 2 aromatic rings. The van der Waals surface area contributed by atoms with Crippen LogP contribution in [0.2, 0.25) is 0 Å². The molecule has 19 heavy (non-hydrogen) atoms. The van der Waals surface area contributed by atoms with Crippen LogP contribution in [0.1, 0.15) is 5.76 Å². The van der Waals surface area contributed by atoms with Gasteiger partial charge in [0.05, 0.1) is 26.0 Å². The lowest BCUT2D eigenvalue weighted by molar-refractivity contribution is 0.122. The standard InChI is InChI=1S/C15H18N2O2/c1-2-15(19-9-1)12-16-13-3-5-14(6-4-13)17-7-10-18-11-8-17/h1-6,9,16H,7-8,10-12H2. The number of benzene rings is 1. The first-order valence-corrected chi connectivity index (χ1v) is 6.61. The van der Waals surface area contributed by atoms with Crippen LogP contribution in [0.5, 0.6) is 0 Å². The molecule has 1 saturated heterocycles. The lowest BCUT2D eigenvalue weighted by atomic mass is 10.2. The van der Waals surface area contributed by atoms with Crippen molar-refractivity contribution >= 4 is 11.4 Å². The SMILES string of the molecule is c1coc(CNc2ccc(N3CCOCC3)cc2)c1. The number of hydrogen-bond donors (Lipinski definition) is 1. The zero-order valence-corrected chi connectivity index (χ0v) is 10.8. The maximum atomic E-state index is 5.36. The van der Waals surface area contributed by atoms with Crippen LogP contribution in [0, 0.1) is 0 Å². The summed E-state index contributed by atoms with van der Waals surface area (Å²) < 4.78 is 10.6. The Morgan fingerprint density at radius 3 is 2.53 bits per heavy atom. The Labute approximate surface area is 113 Å². The summed E-state index contributed by atoms with van der Waals surface area (Å²) in [4.78, 5) is 2.35. The molecule has 0 atom stereocenters. The van der Waals surface area contributed by atoms with Gasteiger partial charge in [0.1, 0.15) is 5.76 Å². The van der Waals surface area contributed by atoms with Gasteiger partial charge >= 0.3 is 0 Å². The molecule has 1 aromatic carbocycles. The molecular formula is C15H18N2O2. The summed E-state index contributed by atoms with van der Waals surface area (Å²) in [6, 6.07) is 12.4. The van der Waals surface area contributed by atoms with Crippen molar-refractivity contribution in [3.8, 4) is 0 Å². The van der Waals surface area contributed by atoms with E-state index in [2.05, 4.69) is 34.5 Å². The zero-order chi connectivity index (χ0) is 12.9. The smallest absolute Gasteiger partial charge is 0.122 e. The molecule has 0 radical (unpaired) electrons. The van der Waals surface area contributed by atoms with Gasteiger partial charge in [-0.25, -0.2) is 0 Å². The molecule has 0 bridgehead atoms. The molecule has 1 aliphatic heterocycles. The van der Waals surface area contributed by atoms with Crippen molar-refractivity contribution in [1.29, 1.82) is 0 Å². The highest BCUT2D eigenvalue weighted by Crippen LogP contribution is 2.19. The molecule has 0 saturated carbocycles. The van der Waals surface area contributed by atoms with Gasteiger partial charge in [-0.2, -0.15) is 0 Å². The van der Waals surface area contributed by atoms with Crippen LogP contribution >= 0.6 is 0 Å². The van der Waals surface area contributed by atoms with E-state index in [1.54, 1.807) is 6.26 Å². The minimum atomic E-state index is 0.712. The van der Waals surface area contributed by atoms with Crippen molar-refractivity contribution in [1.82, 2.24) is 0 Å². The van der Waals surface area contributed by atoms with Crippen LogP contribution in [0.15, 0.2) is 47.1 Å². The van der Waals surface area contributed by atoms with E-state index < -0.39 is 0 Å². The molecular weight excluding hydrogens is 240 g/mol. The van der Waals surface area contributed by atoms with Crippen molar-refractivity contribution in [2.24, 2.45) is 0 Å². The first-order chi connectivity index (χ1) is 9.42. The fourth-order valence-electron chi connectivity index (χ4n) is 2.21. The number of ether oxygens (including phenoxy) is 1. The van der Waals surface area contributed by atoms with Gasteiger partial charge in [-0.15, -0.1) is 0 Å². The van der Waals surface area contributed by atoms with E-state index in [9.17, 15) is 0 Å². The highest BCUT2D eigenvalue weighted by Gasteiger charge is 2.10. The van der Waals surface area contributed by atoms with Gasteiger partial charge in [-0.3, -0.25) is 0 Å². The average Bonchev–Trinajstić information content (AvgIpc) is 3.00. The fourth-order valence-corrected chi connectivity index (χ4v) is 2.21. The summed E-state index contributed by atoms with van der Waals surface area (Å²) in [7, 11) is 0. The lowest BCUT2D eigenvalue weighted by Gasteiger charge is -2.28. The molecule has 1 fully saturated rings. The molecule has 100 valence electrons. The number of nitrogens with one attached hydrogen (secondary N) is 1. The maximum Gasteiger partial charge on any atom is 0.122 e. The third-order valence-electron chi connectivity index (χ3n) is 3.29. The molecule has 0 spiro atoms. The predicted octanol–water partition coefficient (Wildman–Crippen LogP) is 2.73. The molecule has 1 aromatic heterocycles. The number of hydrogen-bond acceptors (Lipinski definition) is 4. The van der Waals surface area contributed by atoms with Crippen LogP contribution < -0.4 is 10.2 Å². The Morgan fingerprint density at radius 2 is 1.84 bits per heavy atom. The average molecular weight is 258 g/mol. The number of furan rings is 1. The van der Waals surface area contributed by atoms with Crippen LogP contribution in [-0.2, 0) is 11.3 Å². The summed E-state index contributed by atoms with van der Waals surface area (Å²) >= 11 is 0. The Balaban J connectivity index is 1.58. The molecule has 2 heterocycles. The minimum Gasteiger partial charge on any atom is -0.467 e. The monoisotopic (exact) mass is 258 g/mol. The van der Waals surface area contributed by atoms with Crippen molar-refractivity contribution in [2.45, 2.75) is 6.54 Å². The molecule has 0 aliphatic carbocycles. The molecule has 4 heteroatoms. The third kappa shape index (κ3) is 3.09. The summed E-state index contributed by atoms with van der Waals surface area (Å²) in [6.07, 6.45) is 1.69. The Hall–Kier alpha value is -1.94. The minimum absolute atomic E-state index is 0.712. The van der Waals surface area contributed by atoms with E-state index in [-0.39, 0.29) is 0 Å². The predicted molar refractivity (Wildman–Crippen MR) is 75.5 cm³/mol. The first-order valence-electron chi connectivity index (χ1n) is 6.61. The van der Waals surface area contributed by atoms with Crippen molar-refractivity contribution in [2.75, 3.05) is 36.5 Å². The molecule has 0 unspecified atom stereocenters. The number of anilines is 2.